The van der Waals surface area contributed by atoms with E-state index in [4.69, 9.17) is 9.05 Å². The van der Waals surface area contributed by atoms with Gasteiger partial charge in [0.25, 0.3) is 5.91 Å². The van der Waals surface area contributed by atoms with Gasteiger partial charge in [-0.15, -0.1) is 0 Å². The zero-order chi connectivity index (χ0) is 16.2. The summed E-state index contributed by atoms with van der Waals surface area (Å²) in [5.41, 5.74) is 0.545. The van der Waals surface area contributed by atoms with Crippen LogP contribution in [0.1, 0.15) is 23.2 Å². The number of rotatable bonds is 6. The number of hydrogen-bond acceptors (Lipinski definition) is 5. The molecule has 0 aliphatic carbocycles. The molecule has 0 unspecified atom stereocenters. The fourth-order valence-corrected chi connectivity index (χ4v) is 3.59. The fraction of sp³-hybridized carbons (Fsp3) is 0.467. The second kappa shape index (κ2) is 7.18. The quantitative estimate of drug-likeness (QED) is 0.751. The smallest absolute Gasteiger partial charge is 0.329 e. The third kappa shape index (κ3) is 3.64. The van der Waals surface area contributed by atoms with Gasteiger partial charge in [0.1, 0.15) is 6.16 Å². The summed E-state index contributed by atoms with van der Waals surface area (Å²) in [5.74, 6) is -0.463. The molecule has 0 radical (unpaired) electrons. The topological polar surface area (TPSA) is 72.9 Å². The largest absolute Gasteiger partial charge is 0.337 e. The Hall–Kier alpha value is -1.49. The second-order valence-corrected chi connectivity index (χ2v) is 7.39. The molecule has 1 heterocycles. The van der Waals surface area contributed by atoms with Crippen molar-refractivity contribution >= 4 is 19.3 Å². The van der Waals surface area contributed by atoms with Gasteiger partial charge in [0.15, 0.2) is 5.78 Å². The molecule has 7 heteroatoms. The zero-order valence-electron chi connectivity index (χ0n) is 12.7. The Morgan fingerprint density at radius 1 is 1.23 bits per heavy atom. The van der Waals surface area contributed by atoms with Crippen LogP contribution in [0.25, 0.3) is 0 Å². The molecule has 1 saturated heterocycles. The minimum Gasteiger partial charge on any atom is -0.329 e. The number of likely N-dealkylation sites (tertiary alicyclic amines) is 1. The number of amides is 1. The highest BCUT2D eigenvalue weighted by molar-refractivity contribution is 7.54. The number of carbonyl (C=O) groups is 2. The molecular weight excluding hydrogens is 305 g/mol. The number of hydrogen-bond donors (Lipinski definition) is 0. The van der Waals surface area contributed by atoms with Gasteiger partial charge in [-0.25, -0.2) is 0 Å². The van der Waals surface area contributed by atoms with Crippen molar-refractivity contribution in [1.82, 2.24) is 4.90 Å². The maximum Gasteiger partial charge on any atom is 0.337 e. The van der Waals surface area contributed by atoms with Crippen LogP contribution in [0.3, 0.4) is 0 Å². The van der Waals surface area contributed by atoms with Crippen LogP contribution in [0.4, 0.5) is 0 Å². The van der Waals surface area contributed by atoms with Gasteiger partial charge in [0, 0.05) is 26.3 Å². The Morgan fingerprint density at radius 2 is 1.86 bits per heavy atom. The van der Waals surface area contributed by atoms with E-state index in [0.717, 1.165) is 6.42 Å². The summed E-state index contributed by atoms with van der Waals surface area (Å²) < 4.78 is 21.7. The van der Waals surface area contributed by atoms with Crippen LogP contribution in [0, 0.1) is 0 Å². The van der Waals surface area contributed by atoms with E-state index in [1.807, 2.05) is 6.07 Å². The third-order valence-corrected chi connectivity index (χ3v) is 5.62. The summed E-state index contributed by atoms with van der Waals surface area (Å²) >= 11 is 0. The average Bonchev–Trinajstić information content (AvgIpc) is 3.04. The maximum absolute atomic E-state index is 12.5. The molecule has 0 N–H and O–H groups in total. The van der Waals surface area contributed by atoms with Crippen molar-refractivity contribution in [2.75, 3.05) is 26.9 Å². The van der Waals surface area contributed by atoms with Crippen LogP contribution in [-0.2, 0) is 18.4 Å². The van der Waals surface area contributed by atoms with Gasteiger partial charge in [-0.1, -0.05) is 18.2 Å². The van der Waals surface area contributed by atoms with Crippen molar-refractivity contribution in [3.63, 3.8) is 0 Å². The fourth-order valence-electron chi connectivity index (χ4n) is 2.59. The summed E-state index contributed by atoms with van der Waals surface area (Å²) in [6.07, 6.45) is 1.01. The molecule has 1 aromatic carbocycles. The molecule has 1 fully saturated rings. The van der Waals surface area contributed by atoms with E-state index >= 15 is 0 Å². The summed E-state index contributed by atoms with van der Waals surface area (Å²) in [5, 5.41) is 0. The predicted octanol–water partition coefficient (Wildman–Crippen LogP) is 2.35. The predicted molar refractivity (Wildman–Crippen MR) is 82.0 cm³/mol. The van der Waals surface area contributed by atoms with Crippen LogP contribution in [0.2, 0.25) is 0 Å². The van der Waals surface area contributed by atoms with E-state index in [2.05, 4.69) is 0 Å². The van der Waals surface area contributed by atoms with Crippen molar-refractivity contribution < 1.29 is 23.2 Å². The number of ketones is 1. The summed E-state index contributed by atoms with van der Waals surface area (Å²) in [4.78, 5) is 26.5. The van der Waals surface area contributed by atoms with Gasteiger partial charge in [-0.05, 0) is 25.0 Å². The molecule has 1 atom stereocenters. The van der Waals surface area contributed by atoms with Gasteiger partial charge in [-0.2, -0.15) is 0 Å². The van der Waals surface area contributed by atoms with E-state index in [1.54, 1.807) is 29.2 Å². The number of nitrogens with zero attached hydrogens (tertiary/aromatic N) is 1. The SMILES string of the molecule is COP(=O)(CC(=O)[C@@H]1CCCN1C(=O)c1ccccc1)OC. The highest BCUT2D eigenvalue weighted by Crippen LogP contribution is 2.46. The Balaban J connectivity index is 2.12. The Kier molecular flexibility index (Phi) is 5.51. The molecule has 0 spiro atoms. The normalized spacial score (nSPS) is 18.5. The summed E-state index contributed by atoms with van der Waals surface area (Å²) in [6.45, 7) is 0.522. The van der Waals surface area contributed by atoms with Gasteiger partial charge >= 0.3 is 7.60 Å². The minimum atomic E-state index is -3.41. The molecule has 0 bridgehead atoms. The van der Waals surface area contributed by atoms with Gasteiger partial charge in [-0.3, -0.25) is 14.2 Å². The van der Waals surface area contributed by atoms with E-state index in [0.29, 0.717) is 18.5 Å². The van der Waals surface area contributed by atoms with Crippen LogP contribution in [-0.4, -0.2) is 49.6 Å². The minimum absolute atomic E-state index is 0.180. The molecule has 1 amide bonds. The summed E-state index contributed by atoms with van der Waals surface area (Å²) in [7, 11) is -0.908. The van der Waals surface area contributed by atoms with E-state index in [9.17, 15) is 14.2 Å². The van der Waals surface area contributed by atoms with E-state index < -0.39 is 13.6 Å². The molecule has 0 saturated carbocycles. The number of carbonyl (C=O) groups excluding carboxylic acids is 2. The third-order valence-electron chi connectivity index (χ3n) is 3.81. The Labute approximate surface area is 129 Å². The van der Waals surface area contributed by atoms with E-state index in [1.165, 1.54) is 14.2 Å². The molecule has 0 aromatic heterocycles. The first-order chi connectivity index (χ1) is 10.5. The lowest BCUT2D eigenvalue weighted by Crippen LogP contribution is -2.41. The Morgan fingerprint density at radius 3 is 2.45 bits per heavy atom. The van der Waals surface area contributed by atoms with Crippen molar-refractivity contribution in [2.45, 2.75) is 18.9 Å². The van der Waals surface area contributed by atoms with Crippen molar-refractivity contribution in [3.8, 4) is 0 Å². The standard InChI is InChI=1S/C15H20NO5P/c1-20-22(19,21-2)11-14(17)13-9-6-10-16(13)15(18)12-7-4-3-5-8-12/h3-5,7-8,13H,6,9-11H2,1-2H3/t13-/m0/s1. The van der Waals surface area contributed by atoms with E-state index in [-0.39, 0.29) is 17.9 Å². The lowest BCUT2D eigenvalue weighted by atomic mass is 10.1. The Bertz CT molecular complexity index is 581. The second-order valence-electron chi connectivity index (χ2n) is 5.12. The molecule has 6 nitrogen and oxygen atoms in total. The van der Waals surface area contributed by atoms with Gasteiger partial charge in [0.05, 0.1) is 6.04 Å². The van der Waals surface area contributed by atoms with Gasteiger partial charge in [0.2, 0.25) is 0 Å². The molecule has 2 rings (SSSR count). The first-order valence-electron chi connectivity index (χ1n) is 7.10. The van der Waals surface area contributed by atoms with Crippen LogP contribution < -0.4 is 0 Å². The highest BCUT2D eigenvalue weighted by Gasteiger charge is 2.38. The molecule has 120 valence electrons. The zero-order valence-corrected chi connectivity index (χ0v) is 13.6. The highest BCUT2D eigenvalue weighted by atomic mass is 31.2. The number of Topliss-reactive ketones (excluding diaryl/α,β-unsaturated/α-hetero) is 1. The first kappa shape index (κ1) is 16.9. The molecule has 22 heavy (non-hydrogen) atoms. The lowest BCUT2D eigenvalue weighted by Gasteiger charge is -2.24. The van der Waals surface area contributed by atoms with Crippen molar-refractivity contribution in [3.05, 3.63) is 35.9 Å². The molecule has 1 aromatic rings. The van der Waals surface area contributed by atoms with Crippen molar-refractivity contribution in [2.24, 2.45) is 0 Å². The molecule has 1 aliphatic heterocycles. The van der Waals surface area contributed by atoms with Crippen molar-refractivity contribution in [1.29, 1.82) is 0 Å². The van der Waals surface area contributed by atoms with Crippen LogP contribution in [0.15, 0.2) is 30.3 Å². The summed E-state index contributed by atoms with van der Waals surface area (Å²) in [6, 6.07) is 8.27. The van der Waals surface area contributed by atoms with Gasteiger partial charge < -0.3 is 13.9 Å². The number of benzene rings is 1. The van der Waals surface area contributed by atoms with Crippen LogP contribution in [0.5, 0.6) is 0 Å². The van der Waals surface area contributed by atoms with Crippen LogP contribution >= 0.6 is 7.60 Å². The average molecular weight is 325 g/mol. The molecule has 1 aliphatic rings. The monoisotopic (exact) mass is 325 g/mol. The lowest BCUT2D eigenvalue weighted by molar-refractivity contribution is -0.120. The maximum atomic E-state index is 12.5. The first-order valence-corrected chi connectivity index (χ1v) is 8.83. The molecular formula is C15H20NO5P.